The summed E-state index contributed by atoms with van der Waals surface area (Å²) in [6.45, 7) is 0. The van der Waals surface area contributed by atoms with Crippen LogP contribution in [0.2, 0.25) is 0 Å². The molecule has 3 aliphatic rings. The van der Waals surface area contributed by atoms with Gasteiger partial charge in [-0.3, -0.25) is 0 Å². The topological polar surface area (TPSA) is 21.7 Å². The van der Waals surface area contributed by atoms with Crippen molar-refractivity contribution >= 4 is 70.2 Å². The van der Waals surface area contributed by atoms with Gasteiger partial charge in [-0.05, 0) is 0 Å². The van der Waals surface area contributed by atoms with Crippen LogP contribution in [0.3, 0.4) is 0 Å². The first-order chi connectivity index (χ1) is 17.9. The van der Waals surface area contributed by atoms with Gasteiger partial charge in [-0.25, -0.2) is 0 Å². The molecule has 0 atom stereocenters. The summed E-state index contributed by atoms with van der Waals surface area (Å²) in [7, 11) is 0. The predicted octanol–water partition coefficient (Wildman–Crippen LogP) is 6.50. The molecule has 0 bridgehead atoms. The van der Waals surface area contributed by atoms with Crippen LogP contribution in [0.5, 0.6) is 23.0 Å². The van der Waals surface area contributed by atoms with E-state index in [0.29, 0.717) is 0 Å². The van der Waals surface area contributed by atoms with E-state index in [1.807, 2.05) is 0 Å². The number of rotatable bonds is 1. The minimum atomic E-state index is -2.79. The number of benzene rings is 6. The maximum atomic E-state index is 6.67. The summed E-state index contributed by atoms with van der Waals surface area (Å²) in [5, 5.41) is 4.94. The number of ether oxygens (including phenoxy) is 2. The summed E-state index contributed by atoms with van der Waals surface area (Å²) in [5.41, 5.74) is 3.72. The summed E-state index contributed by atoms with van der Waals surface area (Å²) in [6.07, 6.45) is 0. The fourth-order valence-electron chi connectivity index (χ4n) is 6.03. The molecule has 4 heteroatoms. The van der Waals surface area contributed by atoms with Crippen molar-refractivity contribution in [2.75, 3.05) is 4.90 Å². The Kier molecular flexibility index (Phi) is 3.69. The minimum absolute atomic E-state index is 0.969. The second kappa shape index (κ2) is 6.87. The van der Waals surface area contributed by atoms with Gasteiger partial charge in [-0.2, -0.15) is 0 Å². The van der Waals surface area contributed by atoms with Crippen LogP contribution in [0.25, 0.3) is 21.5 Å². The van der Waals surface area contributed by atoms with Crippen LogP contribution in [0.4, 0.5) is 17.1 Å². The maximum absolute atomic E-state index is 6.67. The quantitative estimate of drug-likeness (QED) is 0.188. The Morgan fingerprint density at radius 1 is 0.472 bits per heavy atom. The number of para-hydroxylation sites is 1. The molecule has 6 aromatic carbocycles. The van der Waals surface area contributed by atoms with Gasteiger partial charge in [0.05, 0.1) is 0 Å². The second-order valence-electron chi connectivity index (χ2n) is 9.40. The molecule has 0 amide bonds. The van der Waals surface area contributed by atoms with Crippen LogP contribution in [0.15, 0.2) is 109 Å². The number of hydrogen-bond donors (Lipinski definition) is 0. The number of hydrogen-bond acceptors (Lipinski definition) is 3. The standard InChI is InChI=1S/C32H18NO2.Bi/c1-2-11-24(12-3-1)33-31-20-27(17-22-9-4-6-15-29(22)31)34-25-13-8-14-26(19-25)35-28-18-23-10-5-7-16-30(23)32(33)21-28;/h1-18H;. The van der Waals surface area contributed by atoms with Crippen molar-refractivity contribution in [2.45, 2.75) is 0 Å². The zero-order valence-electron chi connectivity index (χ0n) is 19.1. The van der Waals surface area contributed by atoms with Crippen LogP contribution in [-0.2, 0) is 0 Å². The number of nitrogens with zero attached hydrogens (tertiary/aromatic N) is 1. The van der Waals surface area contributed by atoms with E-state index in [4.69, 9.17) is 9.47 Å². The van der Waals surface area contributed by atoms with Crippen molar-refractivity contribution in [2.24, 2.45) is 0 Å². The molecule has 0 saturated heterocycles. The Bertz CT molecular complexity index is 1800. The summed E-state index contributed by atoms with van der Waals surface area (Å²) in [5.74, 6) is 3.96. The Morgan fingerprint density at radius 2 is 1.00 bits per heavy atom. The van der Waals surface area contributed by atoms with Gasteiger partial charge < -0.3 is 0 Å². The third-order valence-corrected chi connectivity index (χ3v) is 17.7. The van der Waals surface area contributed by atoms with E-state index in [0.717, 1.165) is 28.7 Å². The normalized spacial score (nSPS) is 14.4. The summed E-state index contributed by atoms with van der Waals surface area (Å²) >= 11 is -2.79. The van der Waals surface area contributed by atoms with Gasteiger partial charge in [0.15, 0.2) is 0 Å². The first kappa shape index (κ1) is 19.3. The van der Waals surface area contributed by atoms with E-state index >= 15 is 0 Å². The molecule has 9 rings (SSSR count). The van der Waals surface area contributed by atoms with Crippen molar-refractivity contribution in [3.63, 3.8) is 0 Å². The molecule has 0 aromatic heterocycles. The van der Waals surface area contributed by atoms with Crippen molar-refractivity contribution in [3.05, 3.63) is 109 Å². The first-order valence-corrected chi connectivity index (χ1v) is 17.3. The van der Waals surface area contributed by atoms with Crippen LogP contribution in [-0.4, -0.2) is 21.8 Å². The van der Waals surface area contributed by atoms with Crippen LogP contribution in [0, 0.1) is 0 Å². The van der Waals surface area contributed by atoms with Crippen LogP contribution < -0.4 is 24.2 Å². The third kappa shape index (κ3) is 2.36. The first-order valence-electron chi connectivity index (χ1n) is 12.1. The van der Waals surface area contributed by atoms with E-state index in [1.165, 1.54) is 42.7 Å². The molecule has 0 N–H and O–H groups in total. The molecule has 0 fully saturated rings. The van der Waals surface area contributed by atoms with Gasteiger partial charge in [0.2, 0.25) is 0 Å². The van der Waals surface area contributed by atoms with Gasteiger partial charge in [0, 0.05) is 0 Å². The Balaban J connectivity index is 1.54. The average molecular weight is 657 g/mol. The predicted molar refractivity (Wildman–Crippen MR) is 147 cm³/mol. The molecular formula is C32H18BiNO2. The molecule has 36 heavy (non-hydrogen) atoms. The molecule has 3 nitrogen and oxygen atoms in total. The van der Waals surface area contributed by atoms with E-state index in [2.05, 4.69) is 114 Å². The van der Waals surface area contributed by atoms with E-state index < -0.39 is 21.8 Å². The molecule has 3 aliphatic heterocycles. The summed E-state index contributed by atoms with van der Waals surface area (Å²) in [6, 6.07) is 39.0. The molecule has 0 saturated carbocycles. The van der Waals surface area contributed by atoms with Crippen LogP contribution in [0.1, 0.15) is 0 Å². The van der Waals surface area contributed by atoms with Crippen molar-refractivity contribution < 1.29 is 9.47 Å². The van der Waals surface area contributed by atoms with E-state index in [-0.39, 0.29) is 0 Å². The second-order valence-corrected chi connectivity index (χ2v) is 17.2. The summed E-state index contributed by atoms with van der Waals surface area (Å²) in [4.78, 5) is 2.49. The molecule has 168 valence electrons. The molecule has 0 spiro atoms. The number of fused-ring (bicyclic) bond motifs is 4. The van der Waals surface area contributed by atoms with Gasteiger partial charge >= 0.3 is 217 Å². The van der Waals surface area contributed by atoms with Crippen molar-refractivity contribution in [3.8, 4) is 23.0 Å². The van der Waals surface area contributed by atoms with Gasteiger partial charge in [-0.15, -0.1) is 0 Å². The SMILES string of the molecule is c1ccc(N2c3[c]4c(cc5ccccc35)Oc3cccc5[c]3[Bi]4[c]3c(cc4ccccc4c32)O5)cc1. The van der Waals surface area contributed by atoms with Crippen molar-refractivity contribution in [1.82, 2.24) is 0 Å². The molecule has 0 radical (unpaired) electrons. The zero-order chi connectivity index (χ0) is 23.4. The molecule has 0 unspecified atom stereocenters. The van der Waals surface area contributed by atoms with Gasteiger partial charge in [0.25, 0.3) is 0 Å². The number of anilines is 3. The Labute approximate surface area is 215 Å². The summed E-state index contributed by atoms with van der Waals surface area (Å²) < 4.78 is 17.5. The zero-order valence-corrected chi connectivity index (χ0v) is 22.6. The molecule has 0 aliphatic carbocycles. The van der Waals surface area contributed by atoms with E-state index in [1.54, 1.807) is 0 Å². The van der Waals surface area contributed by atoms with Crippen LogP contribution >= 0.6 is 0 Å². The molecular weight excluding hydrogens is 639 g/mol. The van der Waals surface area contributed by atoms with Crippen molar-refractivity contribution in [1.29, 1.82) is 0 Å². The fraction of sp³-hybridized carbons (Fsp3) is 0. The fourth-order valence-corrected chi connectivity index (χ4v) is 17.2. The monoisotopic (exact) mass is 657 g/mol. The van der Waals surface area contributed by atoms with E-state index in [9.17, 15) is 0 Å². The third-order valence-electron chi connectivity index (χ3n) is 7.45. The Morgan fingerprint density at radius 3 is 1.58 bits per heavy atom. The Hall–Kier alpha value is -3.88. The van der Waals surface area contributed by atoms with Gasteiger partial charge in [0.1, 0.15) is 0 Å². The molecule has 6 aromatic rings. The average Bonchev–Trinajstić information content (AvgIpc) is 2.93. The van der Waals surface area contributed by atoms with Gasteiger partial charge in [-0.1, -0.05) is 0 Å². The molecule has 3 heterocycles.